The molecule has 132 valence electrons. The summed E-state index contributed by atoms with van der Waals surface area (Å²) < 4.78 is 46.2. The van der Waals surface area contributed by atoms with Gasteiger partial charge in [0.2, 0.25) is 0 Å². The zero-order valence-corrected chi connectivity index (χ0v) is 14.6. The first kappa shape index (κ1) is 17.5. The van der Waals surface area contributed by atoms with Crippen LogP contribution < -0.4 is 5.32 Å². The summed E-state index contributed by atoms with van der Waals surface area (Å²) in [6.45, 7) is 3.46. The van der Waals surface area contributed by atoms with E-state index in [4.69, 9.17) is 4.42 Å². The van der Waals surface area contributed by atoms with E-state index in [-0.39, 0.29) is 33.3 Å². The highest BCUT2D eigenvalue weighted by atomic mass is 79.9. The van der Waals surface area contributed by atoms with E-state index in [1.54, 1.807) is 19.9 Å². The predicted molar refractivity (Wildman–Crippen MR) is 86.0 cm³/mol. The van der Waals surface area contributed by atoms with Crippen molar-refractivity contribution < 1.29 is 22.4 Å². The lowest BCUT2D eigenvalue weighted by Crippen LogP contribution is -2.30. The minimum atomic E-state index is -4.69. The van der Waals surface area contributed by atoms with E-state index in [2.05, 4.69) is 31.3 Å². The van der Waals surface area contributed by atoms with Gasteiger partial charge >= 0.3 is 6.18 Å². The third-order valence-corrected chi connectivity index (χ3v) is 3.96. The summed E-state index contributed by atoms with van der Waals surface area (Å²) >= 11 is 3.14. The number of rotatable bonds is 3. The van der Waals surface area contributed by atoms with Gasteiger partial charge in [0.1, 0.15) is 5.69 Å². The Hall–Kier alpha value is -2.36. The summed E-state index contributed by atoms with van der Waals surface area (Å²) in [7, 11) is 0. The molecule has 0 bridgehead atoms. The third kappa shape index (κ3) is 3.26. The number of hydrogen-bond donors (Lipinski definition) is 1. The summed E-state index contributed by atoms with van der Waals surface area (Å²) in [6, 6.07) is 3.67. The maximum atomic E-state index is 13.5. The number of furan rings is 1. The summed E-state index contributed by atoms with van der Waals surface area (Å²) in [5, 5.41) is 6.39. The molecule has 0 fully saturated rings. The van der Waals surface area contributed by atoms with Crippen molar-refractivity contribution in [2.75, 3.05) is 0 Å². The highest BCUT2D eigenvalue weighted by Gasteiger charge is 2.37. The molecule has 25 heavy (non-hydrogen) atoms. The lowest BCUT2D eigenvalue weighted by Gasteiger charge is -2.10. The molecule has 3 heterocycles. The molecule has 0 aliphatic heterocycles. The lowest BCUT2D eigenvalue weighted by molar-refractivity contribution is -0.142. The molecule has 10 heteroatoms. The van der Waals surface area contributed by atoms with Crippen LogP contribution in [0.2, 0.25) is 0 Å². The topological polar surface area (TPSA) is 72.4 Å². The average Bonchev–Trinajstić information content (AvgIpc) is 3.13. The molecule has 0 aliphatic rings. The van der Waals surface area contributed by atoms with Crippen molar-refractivity contribution in [3.05, 3.63) is 40.3 Å². The Labute approximate surface area is 148 Å². The first-order chi connectivity index (χ1) is 11.7. The van der Waals surface area contributed by atoms with Crippen LogP contribution in [0.5, 0.6) is 0 Å². The van der Waals surface area contributed by atoms with Crippen LogP contribution in [0.25, 0.3) is 17.1 Å². The van der Waals surface area contributed by atoms with Gasteiger partial charge < -0.3 is 9.73 Å². The Morgan fingerprint density at radius 3 is 2.68 bits per heavy atom. The van der Waals surface area contributed by atoms with E-state index in [1.165, 1.54) is 12.3 Å². The quantitative estimate of drug-likeness (QED) is 0.702. The molecule has 0 aromatic carbocycles. The Morgan fingerprint density at radius 2 is 2.12 bits per heavy atom. The minimum Gasteiger partial charge on any atom is -0.463 e. The Morgan fingerprint density at radius 1 is 1.40 bits per heavy atom. The van der Waals surface area contributed by atoms with Crippen LogP contribution in [0, 0.1) is 0 Å². The van der Waals surface area contributed by atoms with Crippen molar-refractivity contribution in [2.45, 2.75) is 26.1 Å². The van der Waals surface area contributed by atoms with E-state index >= 15 is 0 Å². The number of fused-ring (bicyclic) bond motifs is 1. The van der Waals surface area contributed by atoms with E-state index in [0.29, 0.717) is 4.52 Å². The van der Waals surface area contributed by atoms with Crippen LogP contribution in [0.4, 0.5) is 13.2 Å². The normalized spacial score (nSPS) is 12.1. The number of amides is 1. The van der Waals surface area contributed by atoms with Crippen molar-refractivity contribution in [1.29, 1.82) is 0 Å². The standard InChI is InChI=1S/C15H12BrF3N4O2/c1-7(2)20-14(24)12-11(16)13-21-8(9-4-3-5-25-9)6-10(15(17,18)19)23(13)22-12/h3-7H,1-2H3,(H,20,24). The highest BCUT2D eigenvalue weighted by Crippen LogP contribution is 2.34. The second-order valence-corrected chi connectivity index (χ2v) is 6.32. The van der Waals surface area contributed by atoms with Crippen LogP contribution in [0.3, 0.4) is 0 Å². The van der Waals surface area contributed by atoms with Crippen molar-refractivity contribution in [1.82, 2.24) is 19.9 Å². The van der Waals surface area contributed by atoms with Crippen LogP contribution in [-0.2, 0) is 6.18 Å². The number of nitrogens with zero attached hydrogens (tertiary/aromatic N) is 3. The molecule has 3 rings (SSSR count). The fourth-order valence-corrected chi connectivity index (χ4v) is 2.74. The zero-order chi connectivity index (χ0) is 18.4. The van der Waals surface area contributed by atoms with Gasteiger partial charge in [0.25, 0.3) is 5.91 Å². The van der Waals surface area contributed by atoms with Gasteiger partial charge in [0, 0.05) is 6.04 Å². The molecule has 0 atom stereocenters. The van der Waals surface area contributed by atoms with E-state index in [0.717, 1.165) is 6.07 Å². The van der Waals surface area contributed by atoms with Gasteiger partial charge in [0.05, 0.1) is 10.7 Å². The van der Waals surface area contributed by atoms with Gasteiger partial charge in [-0.1, -0.05) is 0 Å². The van der Waals surface area contributed by atoms with E-state index in [9.17, 15) is 18.0 Å². The molecule has 6 nitrogen and oxygen atoms in total. The van der Waals surface area contributed by atoms with Gasteiger partial charge in [-0.2, -0.15) is 18.3 Å². The van der Waals surface area contributed by atoms with Crippen molar-refractivity contribution >= 4 is 27.5 Å². The van der Waals surface area contributed by atoms with Crippen molar-refractivity contribution in [3.63, 3.8) is 0 Å². The van der Waals surface area contributed by atoms with Crippen LogP contribution >= 0.6 is 15.9 Å². The molecular weight excluding hydrogens is 405 g/mol. The maximum Gasteiger partial charge on any atom is 0.433 e. The first-order valence-corrected chi connectivity index (χ1v) is 7.99. The van der Waals surface area contributed by atoms with E-state index < -0.39 is 17.8 Å². The Bertz CT molecular complexity index is 933. The summed E-state index contributed by atoms with van der Waals surface area (Å²) in [5.41, 5.74) is -1.38. The van der Waals surface area contributed by atoms with Gasteiger partial charge in [-0.05, 0) is 48.0 Å². The van der Waals surface area contributed by atoms with Crippen LogP contribution in [0.1, 0.15) is 30.0 Å². The average molecular weight is 417 g/mol. The molecular formula is C15H12BrF3N4O2. The zero-order valence-electron chi connectivity index (χ0n) is 13.1. The number of carbonyl (C=O) groups excluding carboxylic acids is 1. The molecule has 0 saturated heterocycles. The summed E-state index contributed by atoms with van der Waals surface area (Å²) in [5.74, 6) is -0.422. The monoisotopic (exact) mass is 416 g/mol. The van der Waals surface area contributed by atoms with Gasteiger partial charge in [-0.15, -0.1) is 0 Å². The molecule has 3 aromatic heterocycles. The number of alkyl halides is 3. The van der Waals surface area contributed by atoms with E-state index in [1.807, 2.05) is 0 Å². The second kappa shape index (κ2) is 6.17. The van der Waals surface area contributed by atoms with Crippen LogP contribution in [-0.4, -0.2) is 26.5 Å². The number of aromatic nitrogens is 3. The van der Waals surface area contributed by atoms with Gasteiger partial charge in [-0.3, -0.25) is 4.79 Å². The smallest absolute Gasteiger partial charge is 0.433 e. The fraction of sp³-hybridized carbons (Fsp3) is 0.267. The minimum absolute atomic E-state index is 0.0127. The van der Waals surface area contributed by atoms with Crippen molar-refractivity contribution in [2.24, 2.45) is 0 Å². The summed E-state index contributed by atoms with van der Waals surface area (Å²) in [4.78, 5) is 16.3. The molecule has 1 N–H and O–H groups in total. The predicted octanol–water partition coefficient (Wildman–Crippen LogP) is 3.91. The molecule has 0 unspecified atom stereocenters. The Balaban J connectivity index is 2.26. The SMILES string of the molecule is CC(C)NC(=O)c1nn2c(C(F)(F)F)cc(-c3ccco3)nc2c1Br. The van der Waals surface area contributed by atoms with Gasteiger partial charge in [-0.25, -0.2) is 9.50 Å². The fourth-order valence-electron chi connectivity index (χ4n) is 2.22. The lowest BCUT2D eigenvalue weighted by atomic mass is 10.2. The molecule has 0 spiro atoms. The van der Waals surface area contributed by atoms with Gasteiger partial charge in [0.15, 0.2) is 22.8 Å². The Kier molecular flexibility index (Phi) is 4.31. The molecule has 0 aliphatic carbocycles. The summed E-state index contributed by atoms with van der Waals surface area (Å²) in [6.07, 6.45) is -3.36. The largest absolute Gasteiger partial charge is 0.463 e. The van der Waals surface area contributed by atoms with Crippen molar-refractivity contribution in [3.8, 4) is 11.5 Å². The number of carbonyl (C=O) groups is 1. The van der Waals surface area contributed by atoms with Crippen LogP contribution in [0.15, 0.2) is 33.4 Å². The molecule has 3 aromatic rings. The number of nitrogens with one attached hydrogen (secondary N) is 1. The second-order valence-electron chi connectivity index (χ2n) is 5.53. The molecule has 0 saturated carbocycles. The molecule has 0 radical (unpaired) electrons. The number of hydrogen-bond acceptors (Lipinski definition) is 4. The molecule has 1 amide bonds. The number of halogens is 4. The maximum absolute atomic E-state index is 13.5. The first-order valence-electron chi connectivity index (χ1n) is 7.19. The third-order valence-electron chi connectivity index (χ3n) is 3.23. The highest BCUT2D eigenvalue weighted by molar-refractivity contribution is 9.10.